The van der Waals surface area contributed by atoms with Gasteiger partial charge in [0.15, 0.2) is 0 Å². The van der Waals surface area contributed by atoms with Crippen molar-refractivity contribution in [1.29, 1.82) is 0 Å². The minimum atomic E-state index is 0.193. The second-order valence-corrected chi connectivity index (χ2v) is 5.88. The van der Waals surface area contributed by atoms with Crippen LogP contribution in [0.2, 0.25) is 0 Å². The molecular weight excluding hydrogens is 349 g/mol. The molecular formula is C16H18INO. The Morgan fingerprint density at radius 1 is 1.11 bits per heavy atom. The quantitative estimate of drug-likeness (QED) is 0.775. The first kappa shape index (κ1) is 14.2. The highest BCUT2D eigenvalue weighted by Gasteiger charge is 2.04. The fourth-order valence-electron chi connectivity index (χ4n) is 1.81. The third kappa shape index (κ3) is 4.42. The molecule has 1 N–H and O–H groups in total. The molecule has 2 aromatic carbocycles. The van der Waals surface area contributed by atoms with E-state index in [0.717, 1.165) is 18.0 Å². The average molecular weight is 367 g/mol. The molecule has 19 heavy (non-hydrogen) atoms. The number of benzene rings is 2. The molecule has 0 saturated heterocycles. The van der Waals surface area contributed by atoms with E-state index >= 15 is 0 Å². The maximum absolute atomic E-state index is 5.82. The molecule has 0 aliphatic carbocycles. The lowest BCUT2D eigenvalue weighted by atomic mass is 10.2. The van der Waals surface area contributed by atoms with Gasteiger partial charge in [0, 0.05) is 21.4 Å². The average Bonchev–Trinajstić information content (AvgIpc) is 2.37. The molecule has 2 rings (SSSR count). The van der Waals surface area contributed by atoms with Crippen molar-refractivity contribution >= 4 is 28.3 Å². The van der Waals surface area contributed by atoms with Gasteiger partial charge in [-0.05, 0) is 60.7 Å². The molecule has 2 aromatic rings. The first-order valence-electron chi connectivity index (χ1n) is 6.39. The van der Waals surface area contributed by atoms with E-state index in [9.17, 15) is 0 Å². The summed E-state index contributed by atoms with van der Waals surface area (Å²) in [4.78, 5) is 0. The molecule has 0 aliphatic heterocycles. The summed E-state index contributed by atoms with van der Waals surface area (Å²) in [5, 5.41) is 3.43. The lowest BCUT2D eigenvalue weighted by Crippen LogP contribution is -2.09. The van der Waals surface area contributed by atoms with E-state index in [4.69, 9.17) is 4.74 Å². The first-order valence-corrected chi connectivity index (χ1v) is 7.47. The van der Waals surface area contributed by atoms with Gasteiger partial charge in [-0.2, -0.15) is 0 Å². The van der Waals surface area contributed by atoms with E-state index in [0.29, 0.717) is 0 Å². The molecule has 0 unspecified atom stereocenters. The van der Waals surface area contributed by atoms with Crippen molar-refractivity contribution in [1.82, 2.24) is 0 Å². The Balaban J connectivity index is 2.07. The Hall–Kier alpha value is -1.23. The molecule has 0 saturated carbocycles. The zero-order valence-corrected chi connectivity index (χ0v) is 13.3. The second-order valence-electron chi connectivity index (χ2n) is 4.64. The summed E-state index contributed by atoms with van der Waals surface area (Å²) >= 11 is 2.32. The number of para-hydroxylation sites is 1. The van der Waals surface area contributed by atoms with Crippen LogP contribution in [-0.2, 0) is 6.54 Å². The monoisotopic (exact) mass is 367 g/mol. The van der Waals surface area contributed by atoms with E-state index in [1.807, 2.05) is 32.0 Å². The predicted molar refractivity (Wildman–Crippen MR) is 88.7 cm³/mol. The van der Waals surface area contributed by atoms with Crippen LogP contribution in [0.3, 0.4) is 0 Å². The number of anilines is 1. The molecule has 0 fully saturated rings. The maximum atomic E-state index is 5.82. The third-order valence-corrected chi connectivity index (χ3v) is 3.31. The van der Waals surface area contributed by atoms with E-state index < -0.39 is 0 Å². The van der Waals surface area contributed by atoms with Gasteiger partial charge in [0.2, 0.25) is 0 Å². The predicted octanol–water partition coefficient (Wildman–Crippen LogP) is 4.69. The van der Waals surface area contributed by atoms with Gasteiger partial charge in [-0.25, -0.2) is 0 Å². The lowest BCUT2D eigenvalue weighted by Gasteiger charge is -2.15. The van der Waals surface area contributed by atoms with Crippen LogP contribution in [0, 0.1) is 3.57 Å². The molecule has 0 radical (unpaired) electrons. The largest absolute Gasteiger partial charge is 0.491 e. The molecule has 0 heterocycles. The van der Waals surface area contributed by atoms with E-state index in [1.54, 1.807) is 0 Å². The summed E-state index contributed by atoms with van der Waals surface area (Å²) in [6, 6.07) is 16.5. The minimum absolute atomic E-state index is 0.193. The van der Waals surface area contributed by atoms with Crippen LogP contribution in [0.1, 0.15) is 19.4 Å². The number of hydrogen-bond donors (Lipinski definition) is 1. The topological polar surface area (TPSA) is 21.3 Å². The summed E-state index contributed by atoms with van der Waals surface area (Å²) < 4.78 is 7.05. The highest BCUT2D eigenvalue weighted by atomic mass is 127. The van der Waals surface area contributed by atoms with Crippen LogP contribution in [0.5, 0.6) is 5.75 Å². The number of halogens is 1. The standard InChI is InChI=1S/C16H18INO/c1-12(2)19-16-9-4-3-6-13(16)11-18-15-8-5-7-14(17)10-15/h3-10,12,18H,11H2,1-2H3. The summed E-state index contributed by atoms with van der Waals surface area (Å²) in [5.74, 6) is 0.954. The van der Waals surface area contributed by atoms with Crippen LogP contribution in [0.4, 0.5) is 5.69 Å². The Labute approximate surface area is 128 Å². The van der Waals surface area contributed by atoms with Crippen molar-refractivity contribution in [3.63, 3.8) is 0 Å². The number of ether oxygens (including phenoxy) is 1. The summed E-state index contributed by atoms with van der Waals surface area (Å²) in [7, 11) is 0. The van der Waals surface area contributed by atoms with Crippen molar-refractivity contribution < 1.29 is 4.74 Å². The van der Waals surface area contributed by atoms with Gasteiger partial charge in [-0.1, -0.05) is 24.3 Å². The number of hydrogen-bond acceptors (Lipinski definition) is 2. The van der Waals surface area contributed by atoms with Gasteiger partial charge in [0.25, 0.3) is 0 Å². The smallest absolute Gasteiger partial charge is 0.124 e. The van der Waals surface area contributed by atoms with Crippen molar-refractivity contribution in [2.45, 2.75) is 26.5 Å². The SMILES string of the molecule is CC(C)Oc1ccccc1CNc1cccc(I)c1. The molecule has 3 heteroatoms. The molecule has 0 aliphatic rings. The first-order chi connectivity index (χ1) is 9.15. The van der Waals surface area contributed by atoms with Gasteiger partial charge in [-0.3, -0.25) is 0 Å². The minimum Gasteiger partial charge on any atom is -0.491 e. The Morgan fingerprint density at radius 2 is 1.89 bits per heavy atom. The number of nitrogens with one attached hydrogen (secondary N) is 1. The normalized spacial score (nSPS) is 10.5. The zero-order valence-electron chi connectivity index (χ0n) is 11.2. The summed E-state index contributed by atoms with van der Waals surface area (Å²) in [6.07, 6.45) is 0.193. The zero-order chi connectivity index (χ0) is 13.7. The Kier molecular flexibility index (Phi) is 5.07. The van der Waals surface area contributed by atoms with Crippen LogP contribution in [-0.4, -0.2) is 6.10 Å². The van der Waals surface area contributed by atoms with Crippen LogP contribution >= 0.6 is 22.6 Å². The van der Waals surface area contributed by atoms with Gasteiger partial charge in [-0.15, -0.1) is 0 Å². The third-order valence-electron chi connectivity index (χ3n) is 2.64. The number of rotatable bonds is 5. The van der Waals surface area contributed by atoms with Gasteiger partial charge >= 0.3 is 0 Å². The summed E-state index contributed by atoms with van der Waals surface area (Å²) in [5.41, 5.74) is 2.31. The molecule has 100 valence electrons. The van der Waals surface area contributed by atoms with Crippen molar-refractivity contribution in [2.24, 2.45) is 0 Å². The molecule has 2 nitrogen and oxygen atoms in total. The summed E-state index contributed by atoms with van der Waals surface area (Å²) in [6.45, 7) is 4.86. The van der Waals surface area contributed by atoms with E-state index in [2.05, 4.69) is 58.2 Å². The van der Waals surface area contributed by atoms with Crippen LogP contribution < -0.4 is 10.1 Å². The molecule has 0 atom stereocenters. The second kappa shape index (κ2) is 6.80. The molecule has 0 aromatic heterocycles. The molecule has 0 spiro atoms. The highest BCUT2D eigenvalue weighted by molar-refractivity contribution is 14.1. The Bertz CT molecular complexity index is 540. The lowest BCUT2D eigenvalue weighted by molar-refractivity contribution is 0.240. The maximum Gasteiger partial charge on any atom is 0.124 e. The fourth-order valence-corrected chi connectivity index (χ4v) is 2.36. The van der Waals surface area contributed by atoms with Gasteiger partial charge < -0.3 is 10.1 Å². The van der Waals surface area contributed by atoms with Crippen molar-refractivity contribution in [3.05, 3.63) is 57.7 Å². The van der Waals surface area contributed by atoms with Crippen molar-refractivity contribution in [3.8, 4) is 5.75 Å². The van der Waals surface area contributed by atoms with E-state index in [1.165, 1.54) is 9.13 Å². The van der Waals surface area contributed by atoms with E-state index in [-0.39, 0.29) is 6.10 Å². The molecule has 0 amide bonds. The van der Waals surface area contributed by atoms with Gasteiger partial charge in [0.1, 0.15) is 5.75 Å². The molecule has 0 bridgehead atoms. The van der Waals surface area contributed by atoms with Crippen LogP contribution in [0.25, 0.3) is 0 Å². The highest BCUT2D eigenvalue weighted by Crippen LogP contribution is 2.21. The fraction of sp³-hybridized carbons (Fsp3) is 0.250. The van der Waals surface area contributed by atoms with Crippen LogP contribution in [0.15, 0.2) is 48.5 Å². The van der Waals surface area contributed by atoms with Gasteiger partial charge in [0.05, 0.1) is 6.10 Å². The Morgan fingerprint density at radius 3 is 2.63 bits per heavy atom. The van der Waals surface area contributed by atoms with Crippen molar-refractivity contribution in [2.75, 3.05) is 5.32 Å².